The lowest BCUT2D eigenvalue weighted by molar-refractivity contribution is -0.862. The molecule has 0 spiro atoms. The van der Waals surface area contributed by atoms with E-state index in [1.807, 2.05) is 24.3 Å². The van der Waals surface area contributed by atoms with Crippen molar-refractivity contribution < 1.29 is 66.4 Å². The van der Waals surface area contributed by atoms with Gasteiger partial charge in [0.05, 0.1) is 42.3 Å². The van der Waals surface area contributed by atoms with E-state index in [1.165, 1.54) is 0 Å². The van der Waals surface area contributed by atoms with E-state index in [9.17, 15) is 0 Å². The van der Waals surface area contributed by atoms with Crippen molar-refractivity contribution in [3.8, 4) is 35.2 Å². The Morgan fingerprint density at radius 1 is 0.692 bits per heavy atom. The number of ether oxygens (including phenoxy) is 2. The molecule has 0 unspecified atom stereocenters. The quantitative estimate of drug-likeness (QED) is 0.193. The third-order valence-electron chi connectivity index (χ3n) is 2.78. The van der Waals surface area contributed by atoms with E-state index >= 15 is 0 Å². The molecule has 0 aliphatic carbocycles. The Morgan fingerprint density at radius 2 is 1.08 bits per heavy atom. The summed E-state index contributed by atoms with van der Waals surface area (Å²) in [6.45, 7) is 2.37. The van der Waals surface area contributed by atoms with Gasteiger partial charge in [-0.2, -0.15) is 0 Å². The first-order chi connectivity index (χ1) is 11.2. The molecule has 1 rings (SSSR count). The zero-order valence-corrected chi connectivity index (χ0v) is 20.9. The van der Waals surface area contributed by atoms with E-state index in [-0.39, 0.29) is 48.0 Å². The molecule has 0 N–H and O–H groups in total. The molecule has 0 radical (unpaired) electrons. The Hall–Kier alpha value is -0.680. The largest absolute Gasteiger partial charge is 1.00 e. The van der Waals surface area contributed by atoms with Gasteiger partial charge >= 0.3 is 0 Å². The van der Waals surface area contributed by atoms with E-state index in [2.05, 4.69) is 66.0 Å². The zero-order chi connectivity index (χ0) is 18.1. The van der Waals surface area contributed by atoms with Crippen LogP contribution in [0.1, 0.15) is 0 Å². The van der Waals surface area contributed by atoms with Gasteiger partial charge < -0.3 is 66.4 Å². The van der Waals surface area contributed by atoms with Crippen LogP contribution in [0.3, 0.4) is 0 Å². The van der Waals surface area contributed by atoms with Crippen molar-refractivity contribution in [2.45, 2.75) is 0 Å². The van der Waals surface area contributed by atoms with Gasteiger partial charge in [0.25, 0.3) is 0 Å². The predicted molar refractivity (Wildman–Crippen MR) is 98.8 cm³/mol. The lowest BCUT2D eigenvalue weighted by atomic mass is 10.3. The molecule has 0 aliphatic rings. The lowest BCUT2D eigenvalue weighted by Crippen LogP contribution is -3.00. The van der Waals surface area contributed by atoms with E-state index < -0.39 is 0 Å². The van der Waals surface area contributed by atoms with Gasteiger partial charge in [-0.1, -0.05) is 17.9 Å². The minimum atomic E-state index is 0. The molecule has 0 amide bonds. The molecule has 0 saturated heterocycles. The summed E-state index contributed by atoms with van der Waals surface area (Å²) < 4.78 is 12.9. The van der Waals surface area contributed by atoms with Crippen LogP contribution in [0.4, 0.5) is 0 Å². The fourth-order valence-electron chi connectivity index (χ4n) is 1.58. The second-order valence-electron chi connectivity index (χ2n) is 7.66. The summed E-state index contributed by atoms with van der Waals surface area (Å²) in [5.74, 6) is 13.8. The van der Waals surface area contributed by atoms with Gasteiger partial charge in [0.1, 0.15) is 37.8 Å². The number of quaternary nitrogens is 2. The molecule has 0 aliphatic heterocycles. The second-order valence-corrected chi connectivity index (χ2v) is 7.66. The summed E-state index contributed by atoms with van der Waals surface area (Å²) in [7, 11) is 12.7. The number of rotatable bonds is 6. The summed E-state index contributed by atoms with van der Waals surface area (Å²) in [5, 5.41) is 0. The predicted octanol–water partition coefficient (Wildman–Crippen LogP) is -4.13. The van der Waals surface area contributed by atoms with Crippen LogP contribution in [0.2, 0.25) is 0 Å². The molecule has 0 fully saturated rings. The average molecular weight is 584 g/mol. The maximum absolute atomic E-state index is 5.63. The fraction of sp³-hybridized carbons (Fsp3) is 0.500. The number of hydrogen-bond donors (Lipinski definition) is 0. The third-order valence-corrected chi connectivity index (χ3v) is 2.78. The van der Waals surface area contributed by atoms with Crippen molar-refractivity contribution in [3.05, 3.63) is 24.3 Å². The number of hydrogen-bond acceptors (Lipinski definition) is 2. The number of benzene rings is 1. The molecular weight excluding hydrogens is 554 g/mol. The molecule has 26 heavy (non-hydrogen) atoms. The van der Waals surface area contributed by atoms with Crippen LogP contribution in [0.25, 0.3) is 0 Å². The van der Waals surface area contributed by atoms with Gasteiger partial charge in [-0.15, -0.1) is 0 Å². The Balaban J connectivity index is 0. The topological polar surface area (TPSA) is 18.5 Å². The van der Waals surface area contributed by atoms with Crippen LogP contribution in [0.5, 0.6) is 11.5 Å². The highest BCUT2D eigenvalue weighted by molar-refractivity contribution is 5.33. The molecule has 4 nitrogen and oxygen atoms in total. The Labute approximate surface area is 193 Å². The van der Waals surface area contributed by atoms with Crippen LogP contribution in [0.15, 0.2) is 24.3 Å². The first-order valence-electron chi connectivity index (χ1n) is 8.04. The highest BCUT2D eigenvalue weighted by Crippen LogP contribution is 2.19. The molecule has 0 aromatic heterocycles. The van der Waals surface area contributed by atoms with Gasteiger partial charge in [0.2, 0.25) is 0 Å². The van der Waals surface area contributed by atoms with Crippen LogP contribution < -0.4 is 57.4 Å². The summed E-state index contributed by atoms with van der Waals surface area (Å²) >= 11 is 0. The van der Waals surface area contributed by atoms with E-state index in [0.717, 1.165) is 33.6 Å². The first kappa shape index (κ1) is 27.5. The smallest absolute Gasteiger partial charge is 0.149 e. The molecule has 0 atom stereocenters. The lowest BCUT2D eigenvalue weighted by Gasteiger charge is -2.20. The minimum Gasteiger partial charge on any atom is -1.00 e. The highest BCUT2D eigenvalue weighted by Gasteiger charge is 2.02. The van der Waals surface area contributed by atoms with Crippen molar-refractivity contribution in [1.82, 2.24) is 0 Å². The van der Waals surface area contributed by atoms with Gasteiger partial charge in [-0.3, -0.25) is 0 Å². The van der Waals surface area contributed by atoms with E-state index in [4.69, 9.17) is 9.47 Å². The fourth-order valence-corrected chi connectivity index (χ4v) is 1.58. The van der Waals surface area contributed by atoms with Gasteiger partial charge in [-0.05, 0) is 24.0 Å². The average Bonchev–Trinajstić information content (AvgIpc) is 2.44. The molecule has 1 aromatic rings. The van der Waals surface area contributed by atoms with E-state index in [1.54, 1.807) is 0 Å². The Morgan fingerprint density at radius 3 is 1.42 bits per heavy atom. The molecule has 0 bridgehead atoms. The Bertz CT molecular complexity index is 589. The van der Waals surface area contributed by atoms with Crippen LogP contribution in [0, 0.1) is 23.7 Å². The van der Waals surface area contributed by atoms with Crippen LogP contribution in [-0.4, -0.2) is 77.6 Å². The van der Waals surface area contributed by atoms with Crippen molar-refractivity contribution in [2.24, 2.45) is 0 Å². The minimum absolute atomic E-state index is 0. The Kier molecular flexibility index (Phi) is 14.3. The molecule has 6 heteroatoms. The maximum atomic E-state index is 5.63. The zero-order valence-electron chi connectivity index (χ0n) is 16.6. The van der Waals surface area contributed by atoms with Crippen molar-refractivity contribution in [2.75, 3.05) is 68.6 Å². The normalized spacial score (nSPS) is 10.1. The van der Waals surface area contributed by atoms with Gasteiger partial charge in [0, 0.05) is 6.07 Å². The maximum Gasteiger partial charge on any atom is 0.149 e. The highest BCUT2D eigenvalue weighted by atomic mass is 127. The molecule has 0 heterocycles. The first-order valence-corrected chi connectivity index (χ1v) is 8.04. The molecule has 146 valence electrons. The van der Waals surface area contributed by atoms with Gasteiger partial charge in [0.15, 0.2) is 0 Å². The number of nitrogens with zero attached hydrogens (tertiary/aromatic N) is 2. The van der Waals surface area contributed by atoms with Crippen molar-refractivity contribution in [1.29, 1.82) is 0 Å². The van der Waals surface area contributed by atoms with Crippen LogP contribution in [-0.2, 0) is 0 Å². The molecule has 0 saturated carbocycles. The summed E-state index contributed by atoms with van der Waals surface area (Å²) in [6, 6.07) is 7.57. The molecular formula is C20H30I2N2O2. The summed E-state index contributed by atoms with van der Waals surface area (Å²) in [5.41, 5.74) is 0. The number of halogens is 2. The third kappa shape index (κ3) is 15.6. The molecule has 1 aromatic carbocycles. The van der Waals surface area contributed by atoms with Crippen molar-refractivity contribution in [3.63, 3.8) is 0 Å². The van der Waals surface area contributed by atoms with Crippen LogP contribution >= 0.6 is 0 Å². The van der Waals surface area contributed by atoms with Crippen molar-refractivity contribution >= 4 is 0 Å². The summed E-state index contributed by atoms with van der Waals surface area (Å²) in [6.07, 6.45) is 0. The van der Waals surface area contributed by atoms with Gasteiger partial charge in [-0.25, -0.2) is 0 Å². The standard InChI is InChI=1S/C20H30N2O2.2HI/c1-21(2,3)14-7-9-16-23-19-12-11-13-20(18-19)24-17-10-8-15-22(4,5)6;;/h11-13,18H,14-17H2,1-6H3;2*1H/q+2;;/p-2. The van der Waals surface area contributed by atoms with E-state index in [0.29, 0.717) is 13.2 Å². The monoisotopic (exact) mass is 584 g/mol. The summed E-state index contributed by atoms with van der Waals surface area (Å²) in [4.78, 5) is 0. The second kappa shape index (κ2) is 13.5. The SMILES string of the molecule is C[N+](C)(C)CC#CCOc1cccc(OCC#CC[N+](C)(C)C)c1.[I-].[I-].